The lowest BCUT2D eigenvalue weighted by molar-refractivity contribution is 0.0525. The highest BCUT2D eigenvalue weighted by Gasteiger charge is 2.16. The minimum atomic E-state index is -0.582. The first-order chi connectivity index (χ1) is 12.2. The van der Waals surface area contributed by atoms with Crippen LogP contribution in [0.1, 0.15) is 60.9 Å². The second-order valence-corrected chi connectivity index (χ2v) is 6.37. The van der Waals surface area contributed by atoms with E-state index in [1.807, 2.05) is 12.1 Å². The molecule has 0 saturated heterocycles. The van der Waals surface area contributed by atoms with Gasteiger partial charge < -0.3 is 9.47 Å². The van der Waals surface area contributed by atoms with Gasteiger partial charge in [0.2, 0.25) is 0 Å². The molecule has 2 aromatic rings. The maximum absolute atomic E-state index is 14.2. The molecule has 0 heterocycles. The number of hydrogen-bond acceptors (Lipinski definition) is 3. The summed E-state index contributed by atoms with van der Waals surface area (Å²) in [6, 6.07) is 12.0. The summed E-state index contributed by atoms with van der Waals surface area (Å²) in [5, 5.41) is 0. The van der Waals surface area contributed by atoms with Crippen molar-refractivity contribution in [2.45, 2.75) is 44.9 Å². The van der Waals surface area contributed by atoms with Crippen LogP contribution in [0, 0.1) is 5.82 Å². The molecule has 1 aliphatic carbocycles. The van der Waals surface area contributed by atoms with Crippen LogP contribution in [0.5, 0.6) is 11.5 Å². The van der Waals surface area contributed by atoms with Crippen LogP contribution in [0.15, 0.2) is 42.5 Å². The van der Waals surface area contributed by atoms with Crippen LogP contribution >= 0.6 is 0 Å². The van der Waals surface area contributed by atoms with Crippen molar-refractivity contribution in [3.8, 4) is 11.5 Å². The van der Waals surface area contributed by atoms with E-state index in [0.717, 1.165) is 6.07 Å². The maximum Gasteiger partial charge on any atom is 0.338 e. The summed E-state index contributed by atoms with van der Waals surface area (Å²) in [4.78, 5) is 11.6. The molecule has 0 atom stereocenters. The van der Waals surface area contributed by atoms with Gasteiger partial charge in [0.15, 0.2) is 11.6 Å². The van der Waals surface area contributed by atoms with Gasteiger partial charge in [0.1, 0.15) is 5.75 Å². The Morgan fingerprint density at radius 1 is 1.08 bits per heavy atom. The number of ether oxygens (including phenoxy) is 2. The van der Waals surface area contributed by atoms with E-state index in [0.29, 0.717) is 11.7 Å². The minimum Gasteiger partial charge on any atom is -0.462 e. The molecule has 3 nitrogen and oxygen atoms in total. The molecule has 0 aliphatic heterocycles. The van der Waals surface area contributed by atoms with Gasteiger partial charge in [-0.1, -0.05) is 31.4 Å². The van der Waals surface area contributed by atoms with Crippen LogP contribution in [-0.4, -0.2) is 12.6 Å². The summed E-state index contributed by atoms with van der Waals surface area (Å²) in [5.41, 5.74) is 1.50. The van der Waals surface area contributed by atoms with Gasteiger partial charge in [-0.15, -0.1) is 0 Å². The molecular formula is C21H23FO3. The summed E-state index contributed by atoms with van der Waals surface area (Å²) < 4.78 is 24.7. The van der Waals surface area contributed by atoms with Gasteiger partial charge in [-0.3, -0.25) is 0 Å². The van der Waals surface area contributed by atoms with Crippen LogP contribution in [0.4, 0.5) is 4.39 Å². The average molecular weight is 342 g/mol. The molecule has 0 N–H and O–H groups in total. The van der Waals surface area contributed by atoms with Crippen LogP contribution < -0.4 is 4.74 Å². The topological polar surface area (TPSA) is 35.5 Å². The van der Waals surface area contributed by atoms with E-state index >= 15 is 0 Å². The number of esters is 1. The quantitative estimate of drug-likeness (QED) is 0.640. The molecule has 1 fully saturated rings. The highest BCUT2D eigenvalue weighted by atomic mass is 19.1. The van der Waals surface area contributed by atoms with E-state index in [2.05, 4.69) is 12.1 Å². The van der Waals surface area contributed by atoms with Crippen LogP contribution in [0.25, 0.3) is 0 Å². The van der Waals surface area contributed by atoms with E-state index in [1.54, 1.807) is 6.92 Å². The number of carbonyl (C=O) groups excluding carboxylic acids is 1. The fraction of sp³-hybridized carbons (Fsp3) is 0.381. The summed E-state index contributed by atoms with van der Waals surface area (Å²) in [5.74, 6) is 0.191. The third-order valence-corrected chi connectivity index (χ3v) is 4.63. The van der Waals surface area contributed by atoms with Crippen LogP contribution in [0.3, 0.4) is 0 Å². The summed E-state index contributed by atoms with van der Waals surface area (Å²) in [7, 11) is 0. The fourth-order valence-electron chi connectivity index (χ4n) is 3.30. The van der Waals surface area contributed by atoms with Gasteiger partial charge in [0, 0.05) is 0 Å². The molecule has 3 rings (SSSR count). The first kappa shape index (κ1) is 17.5. The molecule has 0 unspecified atom stereocenters. The molecule has 0 aromatic heterocycles. The number of hydrogen-bond donors (Lipinski definition) is 0. The van der Waals surface area contributed by atoms with Crippen molar-refractivity contribution in [2.75, 3.05) is 6.61 Å². The summed E-state index contributed by atoms with van der Waals surface area (Å²) in [6.45, 7) is 1.97. The average Bonchev–Trinajstić information content (AvgIpc) is 2.65. The van der Waals surface area contributed by atoms with Crippen molar-refractivity contribution in [3.05, 3.63) is 59.4 Å². The van der Waals surface area contributed by atoms with Gasteiger partial charge in [-0.25, -0.2) is 9.18 Å². The Morgan fingerprint density at radius 2 is 1.80 bits per heavy atom. The Bertz CT molecular complexity index is 718. The molecule has 4 heteroatoms. The molecule has 25 heavy (non-hydrogen) atoms. The second kappa shape index (κ2) is 8.15. The largest absolute Gasteiger partial charge is 0.462 e. The summed E-state index contributed by atoms with van der Waals surface area (Å²) >= 11 is 0. The van der Waals surface area contributed by atoms with Gasteiger partial charge in [-0.2, -0.15) is 0 Å². The number of halogens is 1. The molecule has 0 bridgehead atoms. The Labute approximate surface area is 147 Å². The van der Waals surface area contributed by atoms with E-state index in [9.17, 15) is 9.18 Å². The Balaban J connectivity index is 1.68. The zero-order valence-electron chi connectivity index (χ0n) is 14.5. The Kier molecular flexibility index (Phi) is 5.69. The predicted octanol–water partition coefficient (Wildman–Crippen LogP) is 5.84. The lowest BCUT2D eigenvalue weighted by Crippen LogP contribution is -2.05. The van der Waals surface area contributed by atoms with E-state index in [1.165, 1.54) is 49.8 Å². The van der Waals surface area contributed by atoms with Crippen molar-refractivity contribution in [3.63, 3.8) is 0 Å². The van der Waals surface area contributed by atoms with Gasteiger partial charge in [0.05, 0.1) is 12.2 Å². The lowest BCUT2D eigenvalue weighted by Gasteiger charge is -2.22. The minimum absolute atomic E-state index is 0.0958. The number of rotatable bonds is 5. The fourth-order valence-corrected chi connectivity index (χ4v) is 3.30. The van der Waals surface area contributed by atoms with Gasteiger partial charge in [-0.05, 0) is 61.6 Å². The zero-order valence-corrected chi connectivity index (χ0v) is 14.5. The molecule has 0 spiro atoms. The van der Waals surface area contributed by atoms with Crippen molar-refractivity contribution in [1.29, 1.82) is 0 Å². The van der Waals surface area contributed by atoms with Crippen molar-refractivity contribution < 1.29 is 18.7 Å². The van der Waals surface area contributed by atoms with Gasteiger partial charge in [0.25, 0.3) is 0 Å². The molecule has 132 valence electrons. The second-order valence-electron chi connectivity index (χ2n) is 6.37. The SMILES string of the molecule is CCOC(=O)c1ccc(Oc2ccc(C3CCCCC3)cc2)c(F)c1. The predicted molar refractivity (Wildman–Crippen MR) is 94.7 cm³/mol. The number of benzene rings is 2. The molecule has 1 aliphatic rings. The van der Waals surface area contributed by atoms with Crippen molar-refractivity contribution in [1.82, 2.24) is 0 Å². The van der Waals surface area contributed by atoms with Crippen molar-refractivity contribution in [2.24, 2.45) is 0 Å². The number of carbonyl (C=O) groups is 1. The maximum atomic E-state index is 14.2. The van der Waals surface area contributed by atoms with Crippen LogP contribution in [0.2, 0.25) is 0 Å². The highest BCUT2D eigenvalue weighted by Crippen LogP contribution is 2.34. The first-order valence-electron chi connectivity index (χ1n) is 8.92. The lowest BCUT2D eigenvalue weighted by atomic mass is 9.84. The third kappa shape index (κ3) is 4.38. The molecule has 1 saturated carbocycles. The van der Waals surface area contributed by atoms with Gasteiger partial charge >= 0.3 is 5.97 Å². The van der Waals surface area contributed by atoms with Crippen molar-refractivity contribution >= 4 is 5.97 Å². The standard InChI is InChI=1S/C21H23FO3/c1-2-24-21(23)17-10-13-20(19(22)14-17)25-18-11-8-16(9-12-18)15-6-4-3-5-7-15/h8-15H,2-7H2,1H3. The zero-order chi connectivity index (χ0) is 17.6. The first-order valence-corrected chi connectivity index (χ1v) is 8.92. The highest BCUT2D eigenvalue weighted by molar-refractivity contribution is 5.89. The third-order valence-electron chi connectivity index (χ3n) is 4.63. The molecule has 0 radical (unpaired) electrons. The van der Waals surface area contributed by atoms with E-state index in [-0.39, 0.29) is 17.9 Å². The normalized spacial score (nSPS) is 15.0. The summed E-state index contributed by atoms with van der Waals surface area (Å²) in [6.07, 6.45) is 6.40. The van der Waals surface area contributed by atoms with E-state index < -0.39 is 11.8 Å². The van der Waals surface area contributed by atoms with Crippen LogP contribution in [-0.2, 0) is 4.74 Å². The monoisotopic (exact) mass is 342 g/mol. The molecular weight excluding hydrogens is 319 g/mol. The Hall–Kier alpha value is -2.36. The molecule has 2 aromatic carbocycles. The van der Waals surface area contributed by atoms with E-state index in [4.69, 9.17) is 9.47 Å². The smallest absolute Gasteiger partial charge is 0.338 e. The Morgan fingerprint density at radius 3 is 2.44 bits per heavy atom. The molecule has 0 amide bonds.